The van der Waals surface area contributed by atoms with E-state index in [4.69, 9.17) is 0 Å². The SMILES string of the molecule is O=C(N/N=C\c1ccc(O)cc1)c1cn2cc(Br)ccc2n1. The number of aromatic hydroxyl groups is 1. The maximum atomic E-state index is 12.0. The molecule has 0 bridgehead atoms. The first-order valence-electron chi connectivity index (χ1n) is 6.38. The van der Waals surface area contributed by atoms with Crippen molar-refractivity contribution in [3.63, 3.8) is 0 Å². The zero-order chi connectivity index (χ0) is 15.5. The Morgan fingerprint density at radius 1 is 1.23 bits per heavy atom. The predicted octanol–water partition coefficient (Wildman–Crippen LogP) is 2.57. The molecule has 0 saturated carbocycles. The lowest BCUT2D eigenvalue weighted by Crippen LogP contribution is -2.17. The summed E-state index contributed by atoms with van der Waals surface area (Å²) in [5.41, 5.74) is 4.13. The van der Waals surface area contributed by atoms with Crippen LogP contribution in [-0.2, 0) is 0 Å². The van der Waals surface area contributed by atoms with Crippen LogP contribution in [-0.4, -0.2) is 26.6 Å². The van der Waals surface area contributed by atoms with Gasteiger partial charge in [-0.3, -0.25) is 4.79 Å². The van der Waals surface area contributed by atoms with Gasteiger partial charge in [0.2, 0.25) is 0 Å². The first kappa shape index (κ1) is 14.3. The van der Waals surface area contributed by atoms with Crippen molar-refractivity contribution in [2.24, 2.45) is 5.10 Å². The maximum absolute atomic E-state index is 12.0. The van der Waals surface area contributed by atoms with Gasteiger partial charge in [-0.2, -0.15) is 5.10 Å². The minimum atomic E-state index is -0.394. The average molecular weight is 359 g/mol. The van der Waals surface area contributed by atoms with Gasteiger partial charge in [0.1, 0.15) is 17.1 Å². The van der Waals surface area contributed by atoms with Crippen LogP contribution in [0.5, 0.6) is 5.75 Å². The van der Waals surface area contributed by atoms with Crippen molar-refractivity contribution in [1.82, 2.24) is 14.8 Å². The van der Waals surface area contributed by atoms with Gasteiger partial charge in [-0.15, -0.1) is 0 Å². The minimum absolute atomic E-state index is 0.178. The molecule has 110 valence electrons. The fourth-order valence-electron chi connectivity index (χ4n) is 1.86. The topological polar surface area (TPSA) is 79.0 Å². The van der Waals surface area contributed by atoms with Crippen molar-refractivity contribution in [3.8, 4) is 5.75 Å². The quantitative estimate of drug-likeness (QED) is 0.557. The lowest BCUT2D eigenvalue weighted by molar-refractivity contribution is 0.0951. The summed E-state index contributed by atoms with van der Waals surface area (Å²) in [6, 6.07) is 10.1. The Kier molecular flexibility index (Phi) is 3.88. The number of nitrogens with zero attached hydrogens (tertiary/aromatic N) is 3. The fraction of sp³-hybridized carbons (Fsp3) is 0. The number of phenolic OH excluding ortho intramolecular Hbond substituents is 1. The highest BCUT2D eigenvalue weighted by molar-refractivity contribution is 9.10. The summed E-state index contributed by atoms with van der Waals surface area (Å²) in [7, 11) is 0. The van der Waals surface area contributed by atoms with Crippen LogP contribution in [0.2, 0.25) is 0 Å². The first-order chi connectivity index (χ1) is 10.6. The third-order valence-corrected chi connectivity index (χ3v) is 3.39. The molecule has 2 heterocycles. The summed E-state index contributed by atoms with van der Waals surface area (Å²) in [4.78, 5) is 16.2. The number of amides is 1. The van der Waals surface area contributed by atoms with E-state index in [-0.39, 0.29) is 11.4 Å². The molecule has 1 amide bonds. The molecule has 0 aliphatic rings. The number of rotatable bonds is 3. The first-order valence-corrected chi connectivity index (χ1v) is 7.18. The normalized spacial score (nSPS) is 11.1. The van der Waals surface area contributed by atoms with Gasteiger partial charge < -0.3 is 9.51 Å². The zero-order valence-electron chi connectivity index (χ0n) is 11.3. The summed E-state index contributed by atoms with van der Waals surface area (Å²) < 4.78 is 2.65. The second-order valence-electron chi connectivity index (χ2n) is 4.53. The van der Waals surface area contributed by atoms with Gasteiger partial charge in [-0.05, 0) is 57.9 Å². The summed E-state index contributed by atoms with van der Waals surface area (Å²) in [6.45, 7) is 0. The van der Waals surface area contributed by atoms with Crippen LogP contribution < -0.4 is 5.43 Å². The third-order valence-electron chi connectivity index (χ3n) is 2.92. The lowest BCUT2D eigenvalue weighted by atomic mass is 10.2. The molecule has 0 aliphatic carbocycles. The fourth-order valence-corrected chi connectivity index (χ4v) is 2.21. The van der Waals surface area contributed by atoms with Crippen LogP contribution in [0.15, 0.2) is 58.4 Å². The van der Waals surface area contributed by atoms with Gasteiger partial charge in [-0.1, -0.05) is 0 Å². The van der Waals surface area contributed by atoms with Crippen molar-refractivity contribution >= 4 is 33.7 Å². The summed E-state index contributed by atoms with van der Waals surface area (Å²) in [6.07, 6.45) is 4.94. The van der Waals surface area contributed by atoms with Crippen LogP contribution >= 0.6 is 15.9 Å². The monoisotopic (exact) mass is 358 g/mol. The number of carbonyl (C=O) groups is 1. The zero-order valence-corrected chi connectivity index (χ0v) is 12.9. The van der Waals surface area contributed by atoms with E-state index in [9.17, 15) is 9.90 Å². The van der Waals surface area contributed by atoms with Crippen molar-refractivity contribution < 1.29 is 9.90 Å². The van der Waals surface area contributed by atoms with E-state index in [2.05, 4.69) is 31.4 Å². The molecule has 22 heavy (non-hydrogen) atoms. The van der Waals surface area contributed by atoms with Crippen LogP contribution in [0.25, 0.3) is 5.65 Å². The summed E-state index contributed by atoms with van der Waals surface area (Å²) in [5, 5.41) is 13.1. The van der Waals surface area contributed by atoms with Crippen LogP contribution in [0.1, 0.15) is 16.1 Å². The van der Waals surface area contributed by atoms with Gasteiger partial charge in [0.05, 0.1) is 6.21 Å². The van der Waals surface area contributed by atoms with Crippen molar-refractivity contribution in [2.75, 3.05) is 0 Å². The largest absolute Gasteiger partial charge is 0.508 e. The molecule has 0 radical (unpaired) electrons. The molecule has 6 nitrogen and oxygen atoms in total. The molecular formula is C15H11BrN4O2. The van der Waals surface area contributed by atoms with Gasteiger partial charge in [0, 0.05) is 16.9 Å². The number of imidazole rings is 1. The van der Waals surface area contributed by atoms with E-state index in [0.717, 1.165) is 10.0 Å². The Balaban J connectivity index is 1.71. The van der Waals surface area contributed by atoms with Gasteiger partial charge in [-0.25, -0.2) is 10.4 Å². The van der Waals surface area contributed by atoms with E-state index in [0.29, 0.717) is 5.65 Å². The van der Waals surface area contributed by atoms with Gasteiger partial charge >= 0.3 is 0 Å². The number of benzene rings is 1. The number of pyridine rings is 1. The van der Waals surface area contributed by atoms with E-state index in [1.165, 1.54) is 6.21 Å². The van der Waals surface area contributed by atoms with Crippen LogP contribution in [0, 0.1) is 0 Å². The molecule has 0 aliphatic heterocycles. The minimum Gasteiger partial charge on any atom is -0.508 e. The number of aromatic nitrogens is 2. The Bertz CT molecular complexity index is 856. The van der Waals surface area contributed by atoms with E-state index in [1.807, 2.05) is 12.3 Å². The number of carbonyl (C=O) groups excluding carboxylic acids is 1. The molecule has 2 aromatic heterocycles. The molecular weight excluding hydrogens is 348 g/mol. The standard InChI is InChI=1S/C15H11BrN4O2/c16-11-3-6-14-18-13(9-20(14)8-11)15(22)19-17-7-10-1-4-12(21)5-2-10/h1-9,21H,(H,19,22)/b17-7-. The molecule has 7 heteroatoms. The Hall–Kier alpha value is -2.67. The number of phenols is 1. The van der Waals surface area contributed by atoms with Gasteiger partial charge in [0.15, 0.2) is 0 Å². The highest BCUT2D eigenvalue weighted by Crippen LogP contribution is 2.12. The summed E-state index contributed by atoms with van der Waals surface area (Å²) in [5.74, 6) is -0.216. The Morgan fingerprint density at radius 3 is 2.77 bits per heavy atom. The molecule has 0 unspecified atom stereocenters. The summed E-state index contributed by atoms with van der Waals surface area (Å²) >= 11 is 3.36. The second-order valence-corrected chi connectivity index (χ2v) is 5.45. The number of fused-ring (bicyclic) bond motifs is 1. The van der Waals surface area contributed by atoms with Crippen LogP contribution in [0.4, 0.5) is 0 Å². The smallest absolute Gasteiger partial charge is 0.291 e. The maximum Gasteiger partial charge on any atom is 0.291 e. The molecule has 0 fully saturated rings. The number of nitrogens with one attached hydrogen (secondary N) is 1. The average Bonchev–Trinajstić information content (AvgIpc) is 2.92. The predicted molar refractivity (Wildman–Crippen MR) is 86.1 cm³/mol. The molecule has 0 spiro atoms. The number of hydrogen-bond acceptors (Lipinski definition) is 4. The van der Waals surface area contributed by atoms with Crippen molar-refractivity contribution in [1.29, 1.82) is 0 Å². The molecule has 0 atom stereocenters. The highest BCUT2D eigenvalue weighted by Gasteiger charge is 2.09. The second kappa shape index (κ2) is 5.98. The van der Waals surface area contributed by atoms with Gasteiger partial charge in [0.25, 0.3) is 5.91 Å². The third kappa shape index (κ3) is 3.15. The molecule has 1 aromatic carbocycles. The molecule has 2 N–H and O–H groups in total. The van der Waals surface area contributed by atoms with Crippen molar-refractivity contribution in [3.05, 3.63) is 64.5 Å². The van der Waals surface area contributed by atoms with Crippen LogP contribution in [0.3, 0.4) is 0 Å². The van der Waals surface area contributed by atoms with E-state index < -0.39 is 5.91 Å². The van der Waals surface area contributed by atoms with E-state index in [1.54, 1.807) is 40.9 Å². The molecule has 3 aromatic rings. The Labute approximate surface area is 134 Å². The van der Waals surface area contributed by atoms with E-state index >= 15 is 0 Å². The molecule has 0 saturated heterocycles. The number of hydrogen-bond donors (Lipinski definition) is 2. The Morgan fingerprint density at radius 2 is 2.00 bits per heavy atom. The lowest BCUT2D eigenvalue weighted by Gasteiger charge is -1.95. The van der Waals surface area contributed by atoms with Crippen molar-refractivity contribution in [2.45, 2.75) is 0 Å². The number of halogens is 1. The highest BCUT2D eigenvalue weighted by atomic mass is 79.9. The number of hydrazone groups is 1. The molecule has 3 rings (SSSR count).